The lowest BCUT2D eigenvalue weighted by Gasteiger charge is -2.26. The lowest BCUT2D eigenvalue weighted by molar-refractivity contribution is 0.252. The summed E-state index contributed by atoms with van der Waals surface area (Å²) in [6.07, 6.45) is 2.06. The molecule has 2 aromatic carbocycles. The van der Waals surface area contributed by atoms with Gasteiger partial charge in [0.15, 0.2) is 5.11 Å². The summed E-state index contributed by atoms with van der Waals surface area (Å²) in [5.74, 6) is -2.68. The Hall–Kier alpha value is -1.73. The van der Waals surface area contributed by atoms with Crippen LogP contribution in [0.2, 0.25) is 0 Å². The zero-order valence-electron chi connectivity index (χ0n) is 13.3. The molecule has 0 heterocycles. The lowest BCUT2D eigenvalue weighted by atomic mass is 10.2. The molecule has 132 valence electrons. The van der Waals surface area contributed by atoms with Gasteiger partial charge in [0.25, 0.3) is 5.76 Å². The highest BCUT2D eigenvalue weighted by Gasteiger charge is 2.31. The molecule has 1 saturated carbocycles. The fourth-order valence-electron chi connectivity index (χ4n) is 2.48. The van der Waals surface area contributed by atoms with Crippen LogP contribution in [0, 0.1) is 5.82 Å². The third-order valence-electron chi connectivity index (χ3n) is 3.88. The first-order valence-electron chi connectivity index (χ1n) is 7.89. The van der Waals surface area contributed by atoms with Crippen LogP contribution in [0.25, 0.3) is 0 Å². The van der Waals surface area contributed by atoms with E-state index in [0.29, 0.717) is 39.9 Å². The van der Waals surface area contributed by atoms with Gasteiger partial charge in [-0.15, -0.1) is 0 Å². The fraction of sp³-hybridized carbons (Fsp3) is 0.278. The third kappa shape index (κ3) is 5.12. The van der Waals surface area contributed by atoms with Gasteiger partial charge in [0.2, 0.25) is 0 Å². The van der Waals surface area contributed by atoms with Gasteiger partial charge in [-0.1, -0.05) is 30.0 Å². The van der Waals surface area contributed by atoms with Crippen LogP contribution >= 0.6 is 24.0 Å². The molecule has 25 heavy (non-hydrogen) atoms. The highest BCUT2D eigenvalue weighted by Crippen LogP contribution is 2.30. The molecule has 1 N–H and O–H groups in total. The summed E-state index contributed by atoms with van der Waals surface area (Å²) < 4.78 is 38.6. The molecule has 0 saturated heterocycles. The maximum absolute atomic E-state index is 13.9. The molecule has 2 aromatic rings. The van der Waals surface area contributed by atoms with Crippen LogP contribution < -0.4 is 5.32 Å². The molecule has 2 nitrogen and oxygen atoms in total. The van der Waals surface area contributed by atoms with Crippen molar-refractivity contribution in [1.82, 2.24) is 4.90 Å². The van der Waals surface area contributed by atoms with Gasteiger partial charge in [-0.3, -0.25) is 0 Å². The zero-order valence-corrected chi connectivity index (χ0v) is 14.9. The maximum atomic E-state index is 13.9. The fourth-order valence-corrected chi connectivity index (χ4v) is 3.31. The number of hydrogen-bond donors (Lipinski definition) is 1. The summed E-state index contributed by atoms with van der Waals surface area (Å²) in [5, 5.41) is 3.64. The molecule has 0 unspecified atom stereocenters. The van der Waals surface area contributed by atoms with E-state index in [4.69, 9.17) is 12.2 Å². The largest absolute Gasteiger partial charge is 0.342 e. The summed E-state index contributed by atoms with van der Waals surface area (Å²) in [6, 6.07) is 13.7. The smallest absolute Gasteiger partial charge is 0.288 e. The lowest BCUT2D eigenvalue weighted by Crippen LogP contribution is -2.36. The van der Waals surface area contributed by atoms with Crippen LogP contribution in [-0.2, 0) is 6.54 Å². The van der Waals surface area contributed by atoms with E-state index in [1.807, 2.05) is 4.90 Å². The zero-order chi connectivity index (χ0) is 17.8. The van der Waals surface area contributed by atoms with Crippen LogP contribution in [0.4, 0.5) is 18.9 Å². The van der Waals surface area contributed by atoms with E-state index in [9.17, 15) is 13.2 Å². The number of alkyl halides is 2. The van der Waals surface area contributed by atoms with E-state index in [1.54, 1.807) is 42.5 Å². The van der Waals surface area contributed by atoms with E-state index in [1.165, 1.54) is 6.07 Å². The number of benzene rings is 2. The van der Waals surface area contributed by atoms with Crippen molar-refractivity contribution < 1.29 is 13.2 Å². The van der Waals surface area contributed by atoms with Gasteiger partial charge in [-0.05, 0) is 55.4 Å². The minimum absolute atomic E-state index is 0.246. The maximum Gasteiger partial charge on any atom is 0.288 e. The second kappa shape index (κ2) is 8.10. The molecule has 1 aliphatic rings. The van der Waals surface area contributed by atoms with Crippen molar-refractivity contribution >= 4 is 34.8 Å². The topological polar surface area (TPSA) is 15.3 Å². The molecule has 1 aliphatic carbocycles. The molecule has 7 heteroatoms. The van der Waals surface area contributed by atoms with Crippen LogP contribution in [0.3, 0.4) is 0 Å². The van der Waals surface area contributed by atoms with Crippen LogP contribution in [-0.4, -0.2) is 21.8 Å². The van der Waals surface area contributed by atoms with Gasteiger partial charge >= 0.3 is 0 Å². The van der Waals surface area contributed by atoms with Crippen molar-refractivity contribution in [2.75, 3.05) is 5.32 Å². The molecule has 0 radical (unpaired) electrons. The Kier molecular flexibility index (Phi) is 5.86. The molecular weight excluding hydrogens is 365 g/mol. The Morgan fingerprint density at radius 2 is 1.84 bits per heavy atom. The van der Waals surface area contributed by atoms with E-state index >= 15 is 0 Å². The van der Waals surface area contributed by atoms with Gasteiger partial charge in [0, 0.05) is 28.7 Å². The van der Waals surface area contributed by atoms with Crippen molar-refractivity contribution in [2.45, 2.75) is 36.1 Å². The Balaban J connectivity index is 1.66. The Bertz CT molecular complexity index is 733. The molecule has 0 spiro atoms. The first-order valence-corrected chi connectivity index (χ1v) is 9.17. The third-order valence-corrected chi connectivity index (χ3v) is 4.94. The van der Waals surface area contributed by atoms with Crippen molar-refractivity contribution in [3.8, 4) is 0 Å². The number of hydrogen-bond acceptors (Lipinski definition) is 2. The molecular formula is C18H17F3N2S2. The van der Waals surface area contributed by atoms with Crippen molar-refractivity contribution in [2.24, 2.45) is 0 Å². The molecule has 0 aliphatic heterocycles. The average Bonchev–Trinajstić information content (AvgIpc) is 3.40. The predicted octanol–water partition coefficient (Wildman–Crippen LogP) is 5.50. The number of thiocarbonyl (C=S) groups is 1. The van der Waals surface area contributed by atoms with E-state index in [-0.39, 0.29) is 5.82 Å². The number of nitrogens with one attached hydrogen (secondary N) is 1. The number of thioether (sulfide) groups is 1. The summed E-state index contributed by atoms with van der Waals surface area (Å²) in [5.41, 5.74) is 1.32. The second-order valence-electron chi connectivity index (χ2n) is 5.78. The van der Waals surface area contributed by atoms with Gasteiger partial charge in [0.1, 0.15) is 5.82 Å². The van der Waals surface area contributed by atoms with Crippen molar-refractivity contribution in [3.63, 3.8) is 0 Å². The van der Waals surface area contributed by atoms with E-state index in [2.05, 4.69) is 5.32 Å². The summed E-state index contributed by atoms with van der Waals surface area (Å²) in [4.78, 5) is 2.48. The predicted molar refractivity (Wildman–Crippen MR) is 99.5 cm³/mol. The average molecular weight is 382 g/mol. The molecule has 1 fully saturated rings. The van der Waals surface area contributed by atoms with Crippen LogP contribution in [0.5, 0.6) is 0 Å². The monoisotopic (exact) mass is 382 g/mol. The van der Waals surface area contributed by atoms with Gasteiger partial charge in [-0.25, -0.2) is 4.39 Å². The van der Waals surface area contributed by atoms with Gasteiger partial charge in [-0.2, -0.15) is 8.78 Å². The Morgan fingerprint density at radius 3 is 2.44 bits per heavy atom. The van der Waals surface area contributed by atoms with Crippen molar-refractivity contribution in [3.05, 3.63) is 59.9 Å². The summed E-state index contributed by atoms with van der Waals surface area (Å²) in [6.45, 7) is 0.405. The quantitative estimate of drug-likeness (QED) is 0.524. The second-order valence-corrected chi connectivity index (χ2v) is 7.23. The van der Waals surface area contributed by atoms with Gasteiger partial charge in [0.05, 0.1) is 0 Å². The van der Waals surface area contributed by atoms with E-state index in [0.717, 1.165) is 18.5 Å². The standard InChI is InChI=1S/C18H17F3N2S2/c19-16-4-2-1-3-12(16)11-23(14-7-8-14)18(24)22-13-5-9-15(10-6-13)25-17(20)21/h1-6,9-10,14,17H,7-8,11H2,(H,22,24). The number of anilines is 1. The first-order chi connectivity index (χ1) is 12.0. The van der Waals surface area contributed by atoms with Crippen molar-refractivity contribution in [1.29, 1.82) is 0 Å². The highest BCUT2D eigenvalue weighted by molar-refractivity contribution is 7.99. The van der Waals surface area contributed by atoms with E-state index < -0.39 is 5.76 Å². The minimum atomic E-state index is -2.44. The van der Waals surface area contributed by atoms with Crippen LogP contribution in [0.1, 0.15) is 18.4 Å². The Morgan fingerprint density at radius 1 is 1.16 bits per heavy atom. The molecule has 0 aromatic heterocycles. The SMILES string of the molecule is Fc1ccccc1CN(C(=S)Nc1ccc(SC(F)F)cc1)C1CC1. The van der Waals surface area contributed by atoms with Crippen LogP contribution in [0.15, 0.2) is 53.4 Å². The number of nitrogens with zero attached hydrogens (tertiary/aromatic N) is 1. The molecule has 3 rings (SSSR count). The minimum Gasteiger partial charge on any atom is -0.342 e. The normalized spacial score (nSPS) is 13.8. The summed E-state index contributed by atoms with van der Waals surface area (Å²) in [7, 11) is 0. The number of rotatable bonds is 6. The molecule has 0 atom stereocenters. The summed E-state index contributed by atoms with van der Waals surface area (Å²) >= 11 is 5.99. The number of halogens is 3. The first kappa shape index (κ1) is 18.1. The Labute approximate surface area is 154 Å². The van der Waals surface area contributed by atoms with Gasteiger partial charge < -0.3 is 10.2 Å². The molecule has 0 amide bonds. The highest BCUT2D eigenvalue weighted by atomic mass is 32.2. The molecule has 0 bridgehead atoms.